The van der Waals surface area contributed by atoms with Crippen molar-refractivity contribution in [3.8, 4) is 0 Å². The largest absolute Gasteiger partial charge is 0.362 e. The van der Waals surface area contributed by atoms with Gasteiger partial charge in [0, 0.05) is 32.4 Å². The molecule has 1 aliphatic rings. The number of aromatic nitrogens is 1. The Kier molecular flexibility index (Phi) is 5.02. The number of halogens is 1. The Bertz CT molecular complexity index is 558. The molecule has 1 saturated heterocycles. The van der Waals surface area contributed by atoms with Crippen LogP contribution in [0.5, 0.6) is 0 Å². The average molecular weight is 358 g/mol. The molecule has 9 nitrogen and oxygen atoms in total. The zero-order chi connectivity index (χ0) is 15.4. The van der Waals surface area contributed by atoms with Gasteiger partial charge in [0.15, 0.2) is 0 Å². The number of piperazine rings is 1. The molecule has 1 aromatic heterocycles. The molecular weight excluding hydrogens is 342 g/mol. The van der Waals surface area contributed by atoms with Gasteiger partial charge in [-0.05, 0) is 22.5 Å². The first-order valence-electron chi connectivity index (χ1n) is 6.49. The van der Waals surface area contributed by atoms with Crippen LogP contribution in [0.3, 0.4) is 0 Å². The number of anilines is 1. The second kappa shape index (κ2) is 6.76. The van der Waals surface area contributed by atoms with Crippen LogP contribution in [-0.4, -0.2) is 47.5 Å². The molecule has 1 aliphatic heterocycles. The van der Waals surface area contributed by atoms with Gasteiger partial charge >= 0.3 is 5.69 Å². The molecule has 2 rings (SSSR count). The van der Waals surface area contributed by atoms with E-state index in [1.807, 2.05) is 4.90 Å². The molecule has 21 heavy (non-hydrogen) atoms. The molecule has 0 saturated carbocycles. The van der Waals surface area contributed by atoms with Crippen molar-refractivity contribution in [3.05, 3.63) is 20.8 Å². The summed E-state index contributed by atoms with van der Waals surface area (Å²) in [5.41, 5.74) is 0.302. The highest BCUT2D eigenvalue weighted by molar-refractivity contribution is 9.10. The minimum atomic E-state index is -0.497. The van der Waals surface area contributed by atoms with Gasteiger partial charge in [0.1, 0.15) is 5.69 Å². The Hall–Kier alpha value is -1.81. The van der Waals surface area contributed by atoms with Crippen LogP contribution >= 0.6 is 15.9 Å². The first-order valence-corrected chi connectivity index (χ1v) is 7.28. The van der Waals surface area contributed by atoms with Crippen molar-refractivity contribution in [1.29, 1.82) is 0 Å². The number of nitrogens with zero attached hydrogens (tertiary/aromatic N) is 6. The van der Waals surface area contributed by atoms with Crippen molar-refractivity contribution in [1.82, 2.24) is 9.88 Å². The summed E-state index contributed by atoms with van der Waals surface area (Å²) in [7, 11) is 0. The van der Waals surface area contributed by atoms with Crippen LogP contribution < -0.4 is 10.7 Å². The highest BCUT2D eigenvalue weighted by Gasteiger charge is 2.30. The summed E-state index contributed by atoms with van der Waals surface area (Å²) in [4.78, 5) is 19.1. The molecule has 0 radical (unpaired) electrons. The van der Waals surface area contributed by atoms with E-state index in [1.165, 1.54) is 6.20 Å². The summed E-state index contributed by atoms with van der Waals surface area (Å²) >= 11 is 3.34. The Morgan fingerprint density at radius 2 is 2.14 bits per heavy atom. The summed E-state index contributed by atoms with van der Waals surface area (Å²) in [6.45, 7) is 6.19. The van der Waals surface area contributed by atoms with Crippen LogP contribution in [0.15, 0.2) is 21.0 Å². The molecular formula is C11H16BrN7O2. The predicted molar refractivity (Wildman–Crippen MR) is 81.6 cm³/mol. The number of hydrogen-bond acceptors (Lipinski definition) is 7. The summed E-state index contributed by atoms with van der Waals surface area (Å²) in [5, 5.41) is 18.1. The van der Waals surface area contributed by atoms with Gasteiger partial charge in [-0.3, -0.25) is 10.1 Å². The van der Waals surface area contributed by atoms with E-state index >= 15 is 0 Å². The van der Waals surface area contributed by atoms with E-state index in [2.05, 4.69) is 43.1 Å². The summed E-state index contributed by atoms with van der Waals surface area (Å²) in [6.07, 6.45) is 1.48. The second-order valence-corrected chi connectivity index (χ2v) is 5.38. The smallest absolute Gasteiger partial charge is 0.339 e. The molecule has 1 aromatic rings. The van der Waals surface area contributed by atoms with Gasteiger partial charge in [-0.25, -0.2) is 4.98 Å². The molecule has 0 atom stereocenters. The summed E-state index contributed by atoms with van der Waals surface area (Å²) in [5.74, 6) is 4.91. The average Bonchev–Trinajstić information content (AvgIpc) is 2.49. The van der Waals surface area contributed by atoms with Crippen molar-refractivity contribution in [2.45, 2.75) is 6.92 Å². The maximum absolute atomic E-state index is 11.4. The monoisotopic (exact) mass is 357 g/mol. The van der Waals surface area contributed by atoms with E-state index in [1.54, 1.807) is 0 Å². The number of nitro groups is 1. The first kappa shape index (κ1) is 15.6. The van der Waals surface area contributed by atoms with Gasteiger partial charge in [0.05, 0.1) is 9.40 Å². The van der Waals surface area contributed by atoms with Gasteiger partial charge in [0.2, 0.25) is 0 Å². The zero-order valence-corrected chi connectivity index (χ0v) is 13.2. The number of likely N-dealkylation sites (N-methyl/N-ethyl adjacent to an activating group) is 1. The molecule has 10 heteroatoms. The van der Waals surface area contributed by atoms with Crippen molar-refractivity contribution >= 4 is 33.1 Å². The topological polar surface area (TPSA) is 113 Å². The molecule has 114 valence electrons. The van der Waals surface area contributed by atoms with E-state index in [0.717, 1.165) is 19.6 Å². The zero-order valence-electron chi connectivity index (χ0n) is 11.6. The van der Waals surface area contributed by atoms with Crippen LogP contribution in [-0.2, 0) is 0 Å². The normalized spacial score (nSPS) is 16.6. The van der Waals surface area contributed by atoms with Gasteiger partial charge in [0.25, 0.3) is 5.82 Å². The van der Waals surface area contributed by atoms with Crippen molar-refractivity contribution in [2.75, 3.05) is 37.6 Å². The van der Waals surface area contributed by atoms with Gasteiger partial charge < -0.3 is 15.6 Å². The number of pyridine rings is 1. The Morgan fingerprint density at radius 1 is 1.48 bits per heavy atom. The maximum atomic E-state index is 11.4. The van der Waals surface area contributed by atoms with E-state index in [0.29, 0.717) is 23.2 Å². The third-order valence-electron chi connectivity index (χ3n) is 3.43. The number of hydrogen-bond donors (Lipinski definition) is 1. The van der Waals surface area contributed by atoms with E-state index in [9.17, 15) is 10.1 Å². The number of nitrogens with two attached hydrogens (primary N) is 1. The fourth-order valence-corrected chi connectivity index (χ4v) is 2.88. The number of rotatable bonds is 4. The lowest BCUT2D eigenvalue weighted by atomic mass is 10.2. The molecule has 0 unspecified atom stereocenters. The van der Waals surface area contributed by atoms with Crippen LogP contribution in [0.4, 0.5) is 17.2 Å². The highest BCUT2D eigenvalue weighted by atomic mass is 79.9. The minimum Gasteiger partial charge on any atom is -0.362 e. The molecule has 1 fully saturated rings. The van der Waals surface area contributed by atoms with E-state index < -0.39 is 4.92 Å². The lowest BCUT2D eigenvalue weighted by molar-refractivity contribution is -0.383. The molecule has 0 bridgehead atoms. The Balaban J connectivity index is 2.42. The molecule has 2 heterocycles. The second-order valence-electron chi connectivity index (χ2n) is 4.52. The standard InChI is InChI=1S/C11H16BrN7O2/c1-2-17-3-5-18(6-4-17)9-8(12)7-14-11(15-16-13)10(9)19(20)21/h7H,2-6H2,1H3,(H2,13,14,15). The summed E-state index contributed by atoms with van der Waals surface area (Å²) < 4.78 is 0.565. The van der Waals surface area contributed by atoms with Crippen LogP contribution in [0.2, 0.25) is 0 Å². The fraction of sp³-hybridized carbons (Fsp3) is 0.545. The third kappa shape index (κ3) is 3.27. The van der Waals surface area contributed by atoms with Crippen LogP contribution in [0.1, 0.15) is 6.92 Å². The van der Waals surface area contributed by atoms with Crippen molar-refractivity contribution in [3.63, 3.8) is 0 Å². The molecule has 0 amide bonds. The van der Waals surface area contributed by atoms with Crippen LogP contribution in [0.25, 0.3) is 0 Å². The van der Waals surface area contributed by atoms with Crippen molar-refractivity contribution < 1.29 is 4.92 Å². The molecule has 2 N–H and O–H groups in total. The Labute approximate surface area is 130 Å². The highest BCUT2D eigenvalue weighted by Crippen LogP contribution is 2.41. The molecule has 0 spiro atoms. The lowest BCUT2D eigenvalue weighted by Gasteiger charge is -2.35. The molecule has 0 aliphatic carbocycles. The lowest BCUT2D eigenvalue weighted by Crippen LogP contribution is -2.46. The Morgan fingerprint density at radius 3 is 2.67 bits per heavy atom. The minimum absolute atomic E-state index is 0.0846. The maximum Gasteiger partial charge on any atom is 0.339 e. The van der Waals surface area contributed by atoms with Crippen LogP contribution in [0, 0.1) is 10.1 Å². The van der Waals surface area contributed by atoms with Gasteiger partial charge in [-0.1, -0.05) is 12.1 Å². The predicted octanol–water partition coefficient (Wildman–Crippen LogP) is 1.85. The SMILES string of the molecule is CCN1CCN(c2c(Br)cnc(N=NN)c2[N+](=O)[O-])CC1. The van der Waals surface area contributed by atoms with Gasteiger partial charge in [-0.2, -0.15) is 0 Å². The first-order chi connectivity index (χ1) is 10.1. The van der Waals surface area contributed by atoms with Crippen molar-refractivity contribution in [2.24, 2.45) is 16.2 Å². The molecule has 0 aromatic carbocycles. The van der Waals surface area contributed by atoms with E-state index in [4.69, 9.17) is 5.84 Å². The quantitative estimate of drug-likeness (QED) is 0.380. The van der Waals surface area contributed by atoms with E-state index in [-0.39, 0.29) is 11.5 Å². The third-order valence-corrected chi connectivity index (χ3v) is 4.01. The fourth-order valence-electron chi connectivity index (χ4n) is 2.34. The van der Waals surface area contributed by atoms with Gasteiger partial charge in [-0.15, -0.1) is 5.11 Å². The summed E-state index contributed by atoms with van der Waals surface area (Å²) in [6, 6.07) is 0.